The van der Waals surface area contributed by atoms with Crippen LogP contribution < -0.4 is 5.32 Å². The second-order valence-corrected chi connectivity index (χ2v) is 5.21. The number of aromatic nitrogens is 3. The Morgan fingerprint density at radius 2 is 2.17 bits per heavy atom. The molecule has 96 valence electrons. The number of anilines is 1. The highest BCUT2D eigenvalue weighted by molar-refractivity contribution is 6.02. The van der Waals surface area contributed by atoms with Crippen LogP contribution in [-0.4, -0.2) is 21.3 Å². The van der Waals surface area contributed by atoms with Crippen molar-refractivity contribution < 1.29 is 9.32 Å². The highest BCUT2D eigenvalue weighted by atomic mass is 16.5. The number of hydrogen-bond acceptors (Lipinski definition) is 4. The number of H-pyrrole nitrogens is 1. The van der Waals surface area contributed by atoms with Gasteiger partial charge in [0.25, 0.3) is 5.91 Å². The Hall–Kier alpha value is -2.11. The molecule has 0 radical (unpaired) electrons. The number of nitrogens with one attached hydrogen (secondary N) is 2. The van der Waals surface area contributed by atoms with E-state index in [0.717, 1.165) is 5.69 Å². The van der Waals surface area contributed by atoms with Gasteiger partial charge in [-0.15, -0.1) is 0 Å². The van der Waals surface area contributed by atoms with E-state index in [0.29, 0.717) is 11.4 Å². The van der Waals surface area contributed by atoms with Gasteiger partial charge in [-0.05, 0) is 6.92 Å². The number of carbonyl (C=O) groups is 1. The number of aromatic amines is 1. The van der Waals surface area contributed by atoms with Crippen LogP contribution in [0.15, 0.2) is 16.8 Å². The van der Waals surface area contributed by atoms with Crippen molar-refractivity contribution in [1.82, 2.24) is 15.4 Å². The average Bonchev–Trinajstić information content (AvgIpc) is 2.85. The molecular formula is C12H16N4O2. The van der Waals surface area contributed by atoms with E-state index in [9.17, 15) is 4.79 Å². The molecule has 2 aromatic heterocycles. The molecule has 2 rings (SSSR count). The molecule has 0 aliphatic rings. The van der Waals surface area contributed by atoms with Gasteiger partial charge >= 0.3 is 0 Å². The molecular weight excluding hydrogens is 232 g/mol. The molecule has 0 saturated carbocycles. The Balaban J connectivity index is 2.13. The molecule has 2 aromatic rings. The molecule has 0 aromatic carbocycles. The van der Waals surface area contributed by atoms with E-state index in [4.69, 9.17) is 4.52 Å². The number of carbonyl (C=O) groups excluding carboxylic acids is 1. The van der Waals surface area contributed by atoms with Crippen LogP contribution in [0.1, 0.15) is 42.6 Å². The summed E-state index contributed by atoms with van der Waals surface area (Å²) in [6.45, 7) is 7.95. The summed E-state index contributed by atoms with van der Waals surface area (Å²) in [5, 5.41) is 13.2. The minimum Gasteiger partial charge on any atom is -0.351 e. The lowest BCUT2D eigenvalue weighted by Crippen LogP contribution is -2.12. The number of amides is 1. The fourth-order valence-electron chi connectivity index (χ4n) is 1.45. The van der Waals surface area contributed by atoms with Gasteiger partial charge in [0.15, 0.2) is 5.82 Å². The first-order chi connectivity index (χ1) is 8.38. The summed E-state index contributed by atoms with van der Waals surface area (Å²) in [7, 11) is 0. The van der Waals surface area contributed by atoms with Gasteiger partial charge < -0.3 is 9.84 Å². The number of hydrogen-bond donors (Lipinski definition) is 2. The minimum atomic E-state index is -0.350. The monoisotopic (exact) mass is 248 g/mol. The maximum atomic E-state index is 11.9. The van der Waals surface area contributed by atoms with Gasteiger partial charge in [0.05, 0.1) is 6.20 Å². The maximum absolute atomic E-state index is 11.9. The summed E-state index contributed by atoms with van der Waals surface area (Å²) >= 11 is 0. The van der Waals surface area contributed by atoms with Crippen molar-refractivity contribution in [1.29, 1.82) is 0 Å². The third-order valence-electron chi connectivity index (χ3n) is 2.58. The Labute approximate surface area is 105 Å². The summed E-state index contributed by atoms with van der Waals surface area (Å²) in [5.74, 6) is 0.327. The SMILES string of the molecule is Cc1cnoc1C(=O)Nc1cc(C(C)(C)C)[nH]n1. The van der Waals surface area contributed by atoms with E-state index in [-0.39, 0.29) is 17.1 Å². The molecule has 1 amide bonds. The lowest BCUT2D eigenvalue weighted by molar-refractivity contribution is 0.0986. The van der Waals surface area contributed by atoms with Gasteiger partial charge in [-0.1, -0.05) is 25.9 Å². The highest BCUT2D eigenvalue weighted by Crippen LogP contribution is 2.22. The predicted molar refractivity (Wildman–Crippen MR) is 66.5 cm³/mol. The van der Waals surface area contributed by atoms with Crippen LogP contribution in [0.2, 0.25) is 0 Å². The first-order valence-electron chi connectivity index (χ1n) is 5.66. The molecule has 2 heterocycles. The summed E-state index contributed by atoms with van der Waals surface area (Å²) in [6, 6.07) is 1.81. The number of aryl methyl sites for hydroxylation is 1. The fourth-order valence-corrected chi connectivity index (χ4v) is 1.45. The number of rotatable bonds is 2. The Kier molecular flexibility index (Phi) is 2.94. The normalized spacial score (nSPS) is 11.6. The number of nitrogens with zero attached hydrogens (tertiary/aromatic N) is 2. The lowest BCUT2D eigenvalue weighted by Gasteiger charge is -2.14. The van der Waals surface area contributed by atoms with Gasteiger partial charge in [0.1, 0.15) is 0 Å². The molecule has 6 nitrogen and oxygen atoms in total. The van der Waals surface area contributed by atoms with Crippen molar-refractivity contribution in [2.24, 2.45) is 0 Å². The van der Waals surface area contributed by atoms with Crippen molar-refractivity contribution in [2.45, 2.75) is 33.1 Å². The molecule has 18 heavy (non-hydrogen) atoms. The molecule has 6 heteroatoms. The van der Waals surface area contributed by atoms with Crippen LogP contribution >= 0.6 is 0 Å². The lowest BCUT2D eigenvalue weighted by atomic mass is 9.92. The van der Waals surface area contributed by atoms with Gasteiger partial charge in [-0.3, -0.25) is 9.89 Å². The first kappa shape index (κ1) is 12.3. The third kappa shape index (κ3) is 2.42. The van der Waals surface area contributed by atoms with Crippen molar-refractivity contribution in [3.63, 3.8) is 0 Å². The van der Waals surface area contributed by atoms with E-state index >= 15 is 0 Å². The third-order valence-corrected chi connectivity index (χ3v) is 2.58. The second-order valence-electron chi connectivity index (χ2n) is 5.21. The van der Waals surface area contributed by atoms with E-state index < -0.39 is 0 Å². The van der Waals surface area contributed by atoms with E-state index in [2.05, 4.69) is 41.4 Å². The van der Waals surface area contributed by atoms with E-state index in [1.807, 2.05) is 6.07 Å². The predicted octanol–water partition coefficient (Wildman–Crippen LogP) is 2.26. The Morgan fingerprint density at radius 1 is 1.44 bits per heavy atom. The largest absolute Gasteiger partial charge is 0.351 e. The van der Waals surface area contributed by atoms with Gasteiger partial charge in [-0.25, -0.2) is 0 Å². The van der Waals surface area contributed by atoms with Crippen LogP contribution in [0.3, 0.4) is 0 Å². The average molecular weight is 248 g/mol. The summed E-state index contributed by atoms with van der Waals surface area (Å²) in [4.78, 5) is 11.9. The topological polar surface area (TPSA) is 83.8 Å². The smallest absolute Gasteiger partial charge is 0.295 e. The Morgan fingerprint density at radius 3 is 2.67 bits per heavy atom. The van der Waals surface area contributed by atoms with Crippen molar-refractivity contribution in [2.75, 3.05) is 5.32 Å². The van der Waals surface area contributed by atoms with Crippen molar-refractivity contribution in [3.05, 3.63) is 29.3 Å². The van der Waals surface area contributed by atoms with Crippen LogP contribution in [0, 0.1) is 6.92 Å². The standard InChI is InChI=1S/C12H16N4O2/c1-7-6-13-18-10(7)11(17)14-9-5-8(15-16-9)12(2,3)4/h5-6H,1-4H3,(H2,14,15,16,17). The molecule has 0 atom stereocenters. The molecule has 0 bridgehead atoms. The Bertz CT molecular complexity index is 563. The van der Waals surface area contributed by atoms with Crippen LogP contribution in [-0.2, 0) is 5.41 Å². The maximum Gasteiger partial charge on any atom is 0.295 e. The van der Waals surface area contributed by atoms with Gasteiger partial charge in [0, 0.05) is 22.7 Å². The minimum absolute atomic E-state index is 0.0435. The van der Waals surface area contributed by atoms with E-state index in [1.165, 1.54) is 6.20 Å². The van der Waals surface area contributed by atoms with Gasteiger partial charge in [-0.2, -0.15) is 5.10 Å². The fraction of sp³-hybridized carbons (Fsp3) is 0.417. The molecule has 0 spiro atoms. The van der Waals surface area contributed by atoms with Crippen molar-refractivity contribution >= 4 is 11.7 Å². The molecule has 2 N–H and O–H groups in total. The zero-order valence-corrected chi connectivity index (χ0v) is 10.9. The summed E-state index contributed by atoms with van der Waals surface area (Å²) in [5.41, 5.74) is 1.60. The summed E-state index contributed by atoms with van der Waals surface area (Å²) in [6.07, 6.45) is 1.50. The van der Waals surface area contributed by atoms with Crippen molar-refractivity contribution in [3.8, 4) is 0 Å². The molecule has 0 saturated heterocycles. The molecule has 0 fully saturated rings. The molecule has 0 unspecified atom stereocenters. The van der Waals surface area contributed by atoms with Crippen LogP contribution in [0.5, 0.6) is 0 Å². The van der Waals surface area contributed by atoms with E-state index in [1.54, 1.807) is 6.92 Å². The molecule has 0 aliphatic heterocycles. The van der Waals surface area contributed by atoms with Crippen LogP contribution in [0.4, 0.5) is 5.82 Å². The summed E-state index contributed by atoms with van der Waals surface area (Å²) < 4.78 is 4.87. The van der Waals surface area contributed by atoms with Crippen LogP contribution in [0.25, 0.3) is 0 Å². The quantitative estimate of drug-likeness (QED) is 0.853. The second kappa shape index (κ2) is 4.29. The zero-order valence-electron chi connectivity index (χ0n) is 10.9. The first-order valence-corrected chi connectivity index (χ1v) is 5.66. The molecule has 0 aliphatic carbocycles. The van der Waals surface area contributed by atoms with Gasteiger partial charge in [0.2, 0.25) is 5.76 Å². The highest BCUT2D eigenvalue weighted by Gasteiger charge is 2.19. The zero-order chi connectivity index (χ0) is 13.3.